The zero-order valence-corrected chi connectivity index (χ0v) is 10.5. The van der Waals surface area contributed by atoms with Gasteiger partial charge in [-0.2, -0.15) is 5.26 Å². The largest absolute Gasteiger partial charge is 0.399 e. The molecule has 0 radical (unpaired) electrons. The first-order valence-electron chi connectivity index (χ1n) is 5.81. The van der Waals surface area contributed by atoms with E-state index in [0.29, 0.717) is 24.5 Å². The molecule has 18 heavy (non-hydrogen) atoms. The summed E-state index contributed by atoms with van der Waals surface area (Å²) in [4.78, 5) is 1.77. The number of alkyl halides is 2. The quantitative estimate of drug-likeness (QED) is 0.820. The number of anilines is 2. The van der Waals surface area contributed by atoms with Gasteiger partial charge in [-0.15, -0.1) is 0 Å². The molecule has 1 aromatic rings. The summed E-state index contributed by atoms with van der Waals surface area (Å²) in [5, 5.41) is 8.80. The van der Waals surface area contributed by atoms with Crippen molar-refractivity contribution < 1.29 is 8.78 Å². The lowest BCUT2D eigenvalue weighted by atomic mass is 10.1. The van der Waals surface area contributed by atoms with Crippen molar-refractivity contribution >= 4 is 11.4 Å². The van der Waals surface area contributed by atoms with Gasteiger partial charge in [-0.1, -0.05) is 0 Å². The van der Waals surface area contributed by atoms with Gasteiger partial charge in [-0.3, -0.25) is 0 Å². The summed E-state index contributed by atoms with van der Waals surface area (Å²) in [5.74, 6) is -0.215. The van der Waals surface area contributed by atoms with Crippen LogP contribution in [0.2, 0.25) is 0 Å². The third-order valence-corrected chi connectivity index (χ3v) is 2.72. The van der Waals surface area contributed by atoms with Crippen LogP contribution < -0.4 is 10.6 Å². The summed E-state index contributed by atoms with van der Waals surface area (Å²) >= 11 is 0. The average molecular weight is 253 g/mol. The van der Waals surface area contributed by atoms with Crippen molar-refractivity contribution in [2.75, 3.05) is 23.7 Å². The molecule has 0 aromatic heterocycles. The monoisotopic (exact) mass is 253 g/mol. The van der Waals surface area contributed by atoms with E-state index in [1.807, 2.05) is 6.92 Å². The second-order valence-corrected chi connectivity index (χ2v) is 4.19. The number of halogens is 2. The van der Waals surface area contributed by atoms with Gasteiger partial charge in [0.15, 0.2) is 0 Å². The number of nitrogen functional groups attached to an aromatic ring is 1. The highest BCUT2D eigenvalue weighted by Crippen LogP contribution is 2.31. The molecule has 1 unspecified atom stereocenters. The van der Waals surface area contributed by atoms with E-state index in [0.717, 1.165) is 0 Å². The fraction of sp³-hybridized carbons (Fsp3) is 0.462. The van der Waals surface area contributed by atoms with Gasteiger partial charge in [0, 0.05) is 30.0 Å². The van der Waals surface area contributed by atoms with E-state index >= 15 is 0 Å². The van der Waals surface area contributed by atoms with Gasteiger partial charge in [0.25, 0.3) is 6.43 Å². The van der Waals surface area contributed by atoms with Crippen molar-refractivity contribution in [1.29, 1.82) is 5.26 Å². The minimum absolute atomic E-state index is 0.0815. The number of nitrogens with zero attached hydrogens (tertiary/aromatic N) is 2. The standard InChI is InChI=1S/C13H17F2N3/c1-3-18(8-9(2)7-16)12-5-4-10(17)6-11(12)13(14)15/h4-6,9,13H,3,8,17H2,1-2H3. The van der Waals surface area contributed by atoms with Crippen LogP contribution in [0.1, 0.15) is 25.8 Å². The Balaban J connectivity index is 3.09. The number of benzene rings is 1. The van der Waals surface area contributed by atoms with Gasteiger partial charge in [-0.25, -0.2) is 8.78 Å². The topological polar surface area (TPSA) is 53.0 Å². The van der Waals surface area contributed by atoms with Crippen LogP contribution in [-0.4, -0.2) is 13.1 Å². The number of hydrogen-bond acceptors (Lipinski definition) is 3. The van der Waals surface area contributed by atoms with Crippen LogP contribution >= 0.6 is 0 Å². The molecule has 0 heterocycles. The fourth-order valence-electron chi connectivity index (χ4n) is 1.80. The van der Waals surface area contributed by atoms with Crippen molar-refractivity contribution in [2.45, 2.75) is 20.3 Å². The molecule has 0 bridgehead atoms. The molecule has 0 aliphatic rings. The first-order valence-corrected chi connectivity index (χ1v) is 5.81. The molecule has 0 saturated carbocycles. The lowest BCUT2D eigenvalue weighted by Crippen LogP contribution is -2.28. The molecule has 5 heteroatoms. The Bertz CT molecular complexity index is 440. The van der Waals surface area contributed by atoms with Crippen LogP contribution in [0.15, 0.2) is 18.2 Å². The molecule has 0 saturated heterocycles. The maximum atomic E-state index is 13.0. The fourth-order valence-corrected chi connectivity index (χ4v) is 1.80. The van der Waals surface area contributed by atoms with Crippen LogP contribution in [0.4, 0.5) is 20.2 Å². The third-order valence-electron chi connectivity index (χ3n) is 2.72. The first kappa shape index (κ1) is 14.2. The van der Waals surface area contributed by atoms with Crippen LogP contribution in [0.5, 0.6) is 0 Å². The van der Waals surface area contributed by atoms with Crippen molar-refractivity contribution in [1.82, 2.24) is 0 Å². The molecule has 98 valence electrons. The predicted octanol–water partition coefficient (Wildman–Crippen LogP) is 3.19. The van der Waals surface area contributed by atoms with Crippen molar-refractivity contribution in [2.24, 2.45) is 5.92 Å². The molecule has 2 N–H and O–H groups in total. The predicted molar refractivity (Wildman–Crippen MR) is 68.5 cm³/mol. The Labute approximate surface area is 106 Å². The number of nitriles is 1. The van der Waals surface area contributed by atoms with Gasteiger partial charge >= 0.3 is 0 Å². The minimum atomic E-state index is -2.57. The lowest BCUT2D eigenvalue weighted by molar-refractivity contribution is 0.152. The number of nitrogens with two attached hydrogens (primary N) is 1. The van der Waals surface area contributed by atoms with Crippen LogP contribution in [0, 0.1) is 17.2 Å². The smallest absolute Gasteiger partial charge is 0.265 e. The van der Waals surface area contributed by atoms with Crippen LogP contribution in [0.3, 0.4) is 0 Å². The van der Waals surface area contributed by atoms with E-state index in [4.69, 9.17) is 11.0 Å². The van der Waals surface area contributed by atoms with Gasteiger partial charge in [0.1, 0.15) is 0 Å². The van der Waals surface area contributed by atoms with Crippen LogP contribution in [-0.2, 0) is 0 Å². The molecular formula is C13H17F2N3. The van der Waals surface area contributed by atoms with Crippen molar-refractivity contribution in [3.63, 3.8) is 0 Å². The third kappa shape index (κ3) is 3.33. The summed E-state index contributed by atoms with van der Waals surface area (Å²) in [6.07, 6.45) is -2.57. The molecule has 0 fully saturated rings. The summed E-state index contributed by atoms with van der Waals surface area (Å²) < 4.78 is 26.0. The molecule has 1 atom stereocenters. The summed E-state index contributed by atoms with van der Waals surface area (Å²) in [7, 11) is 0. The molecule has 0 spiro atoms. The lowest BCUT2D eigenvalue weighted by Gasteiger charge is -2.26. The second kappa shape index (κ2) is 6.20. The zero-order chi connectivity index (χ0) is 13.7. The molecule has 1 rings (SSSR count). The van der Waals surface area contributed by atoms with E-state index in [1.165, 1.54) is 6.07 Å². The Morgan fingerprint density at radius 3 is 2.61 bits per heavy atom. The highest BCUT2D eigenvalue weighted by atomic mass is 19.3. The maximum absolute atomic E-state index is 13.0. The maximum Gasteiger partial charge on any atom is 0.265 e. The van der Waals surface area contributed by atoms with Gasteiger partial charge in [-0.05, 0) is 32.0 Å². The minimum Gasteiger partial charge on any atom is -0.399 e. The molecule has 1 aromatic carbocycles. The van der Waals surface area contributed by atoms with Gasteiger partial charge in [0.05, 0.1) is 12.0 Å². The van der Waals surface area contributed by atoms with E-state index < -0.39 is 6.43 Å². The zero-order valence-electron chi connectivity index (χ0n) is 10.5. The number of hydrogen-bond donors (Lipinski definition) is 1. The van der Waals surface area contributed by atoms with E-state index in [2.05, 4.69) is 6.07 Å². The van der Waals surface area contributed by atoms with Crippen molar-refractivity contribution in [3.8, 4) is 6.07 Å². The summed E-state index contributed by atoms with van der Waals surface area (Å²) in [5.41, 5.74) is 6.21. The van der Waals surface area contributed by atoms with Crippen LogP contribution in [0.25, 0.3) is 0 Å². The molecule has 0 aliphatic heterocycles. The Morgan fingerprint density at radius 2 is 2.11 bits per heavy atom. The second-order valence-electron chi connectivity index (χ2n) is 4.19. The molecule has 3 nitrogen and oxygen atoms in total. The normalized spacial score (nSPS) is 12.2. The Morgan fingerprint density at radius 1 is 1.44 bits per heavy atom. The molecular weight excluding hydrogens is 236 g/mol. The average Bonchev–Trinajstić information content (AvgIpc) is 2.35. The Kier molecular flexibility index (Phi) is 4.90. The molecule has 0 amide bonds. The first-order chi connectivity index (χ1) is 8.49. The Hall–Kier alpha value is -1.83. The van der Waals surface area contributed by atoms with Gasteiger partial charge < -0.3 is 10.6 Å². The van der Waals surface area contributed by atoms with E-state index in [1.54, 1.807) is 24.0 Å². The summed E-state index contributed by atoms with van der Waals surface area (Å²) in [6, 6.07) is 6.58. The van der Waals surface area contributed by atoms with Gasteiger partial charge in [0.2, 0.25) is 0 Å². The highest BCUT2D eigenvalue weighted by Gasteiger charge is 2.18. The van der Waals surface area contributed by atoms with E-state index in [9.17, 15) is 8.78 Å². The SMILES string of the molecule is CCN(CC(C)C#N)c1ccc(N)cc1C(F)F. The summed E-state index contributed by atoms with van der Waals surface area (Å²) in [6.45, 7) is 4.63. The highest BCUT2D eigenvalue weighted by molar-refractivity contribution is 5.60. The molecule has 0 aliphatic carbocycles. The number of rotatable bonds is 5. The van der Waals surface area contributed by atoms with Crippen molar-refractivity contribution in [3.05, 3.63) is 23.8 Å². The van der Waals surface area contributed by atoms with E-state index in [-0.39, 0.29) is 11.5 Å².